The Morgan fingerprint density at radius 2 is 0.812 bits per heavy atom. The van der Waals surface area contributed by atoms with E-state index in [1.54, 1.807) is 20.8 Å². The van der Waals surface area contributed by atoms with Crippen LogP contribution in [-0.4, -0.2) is 22.2 Å². The van der Waals surface area contributed by atoms with E-state index in [-0.39, 0.29) is 0 Å². The molecule has 0 unspecified atom stereocenters. The van der Waals surface area contributed by atoms with Crippen LogP contribution in [0.3, 0.4) is 0 Å². The van der Waals surface area contributed by atoms with Crippen molar-refractivity contribution in [2.45, 2.75) is 34.6 Å². The fourth-order valence-electron chi connectivity index (χ4n) is 0. The molecule has 16 heavy (non-hydrogen) atoms. The zero-order valence-electron chi connectivity index (χ0n) is 10.6. The maximum atomic E-state index is 9.00. The number of carbonyl (C=O) groups is 2. The Hall–Kier alpha value is -0.741. The molecule has 0 rings (SSSR count). The molecule has 0 saturated heterocycles. The molecule has 0 aromatic heterocycles. The van der Waals surface area contributed by atoms with Crippen LogP contribution in [0.2, 0.25) is 0 Å². The van der Waals surface area contributed by atoms with E-state index in [0.717, 1.165) is 13.8 Å². The second-order valence-corrected chi connectivity index (χ2v) is 1.04. The average Bonchev–Trinajstić information content (AvgIpc) is 2.27. The molecule has 0 heterocycles. The molecular weight excluding hydrogens is 262 g/mol. The van der Waals surface area contributed by atoms with Crippen LogP contribution in [0.5, 0.6) is 0 Å². The van der Waals surface area contributed by atoms with Gasteiger partial charge in [-0.3, -0.25) is 9.59 Å². The van der Waals surface area contributed by atoms with Crippen LogP contribution >= 0.6 is 0 Å². The number of carboxylic acids is 2. The minimum atomic E-state index is -0.833. The van der Waals surface area contributed by atoms with Crippen molar-refractivity contribution in [3.8, 4) is 0 Å². The van der Waals surface area contributed by atoms with Gasteiger partial charge in [0.2, 0.25) is 0 Å². The summed E-state index contributed by atoms with van der Waals surface area (Å²) in [4.78, 5) is 18.0. The summed E-state index contributed by atoms with van der Waals surface area (Å²) >= 11 is 3.44. The van der Waals surface area contributed by atoms with Gasteiger partial charge in [0.25, 0.3) is 11.9 Å². The van der Waals surface area contributed by atoms with Crippen LogP contribution in [0.15, 0.2) is 0 Å². The minimum absolute atomic E-state index is 0.833. The van der Waals surface area contributed by atoms with Crippen LogP contribution in [0.1, 0.15) is 34.6 Å². The second-order valence-electron chi connectivity index (χ2n) is 1.04. The normalized spacial score (nSPS) is 4.62. The SMILES string of the molecule is CC(=O)O.CC(=O)O.[CH2-]C.[CH2-]C.[CH2-]C.[NH]=[Cu]. The summed E-state index contributed by atoms with van der Waals surface area (Å²) < 4.78 is 5.31. The molecule has 107 valence electrons. The molecule has 0 spiro atoms. The summed E-state index contributed by atoms with van der Waals surface area (Å²) in [5.74, 6) is -1.67. The Kier molecular flexibility index (Phi) is 205. The number of rotatable bonds is 0. The number of nitrogens with one attached hydrogen (secondary N) is 1. The summed E-state index contributed by atoms with van der Waals surface area (Å²) in [7, 11) is 0. The van der Waals surface area contributed by atoms with Crippen LogP contribution in [0.4, 0.5) is 0 Å². The fourth-order valence-corrected chi connectivity index (χ4v) is 0. The van der Waals surface area contributed by atoms with Crippen molar-refractivity contribution in [2.75, 3.05) is 0 Å². The molecule has 0 bridgehead atoms. The molecule has 0 aliphatic rings. The van der Waals surface area contributed by atoms with Gasteiger partial charge in [0.05, 0.1) is 0 Å². The first-order valence-electron chi connectivity index (χ1n) is 4.13. The second kappa shape index (κ2) is 90.6. The third-order valence-corrected chi connectivity index (χ3v) is 0. The molecule has 0 aromatic rings. The Bertz CT molecular complexity index is 91.0. The molecule has 3 N–H and O–H groups in total. The first-order valence-corrected chi connectivity index (χ1v) is 4.60. The maximum absolute atomic E-state index is 9.00. The van der Waals surface area contributed by atoms with Gasteiger partial charge in [0.15, 0.2) is 0 Å². The molecule has 0 amide bonds. The number of aliphatic carboxylic acids is 2. The van der Waals surface area contributed by atoms with Crippen molar-refractivity contribution in [2.24, 2.45) is 0 Å². The third kappa shape index (κ3) is 3630. The Balaban J connectivity index is -0.0000000196. The van der Waals surface area contributed by atoms with Crippen LogP contribution < -0.4 is 0 Å². The number of hydrogen-bond donors (Lipinski definition) is 3. The first-order chi connectivity index (χ1) is 7.46. The van der Waals surface area contributed by atoms with E-state index in [0.29, 0.717) is 0 Å². The van der Waals surface area contributed by atoms with Crippen molar-refractivity contribution < 1.29 is 35.6 Å². The molecule has 0 aromatic carbocycles. The molecule has 0 radical (unpaired) electrons. The van der Waals surface area contributed by atoms with Gasteiger partial charge >= 0.3 is 20.2 Å². The predicted octanol–water partition coefficient (Wildman–Crippen LogP) is 3.00. The summed E-state index contributed by atoms with van der Waals surface area (Å²) in [6.45, 7) is 17.2. The molecular formula is C10H24CuNO4-3. The quantitative estimate of drug-likeness (QED) is 0.470. The monoisotopic (exact) mass is 285 g/mol. The van der Waals surface area contributed by atoms with E-state index in [4.69, 9.17) is 24.2 Å². The van der Waals surface area contributed by atoms with Gasteiger partial charge in [0.1, 0.15) is 0 Å². The van der Waals surface area contributed by atoms with Crippen molar-refractivity contribution in [1.29, 1.82) is 4.38 Å². The fraction of sp³-hybridized carbons (Fsp3) is 0.500. The topological polar surface area (TPSA) is 98.4 Å². The molecule has 0 fully saturated rings. The van der Waals surface area contributed by atoms with Crippen LogP contribution in [0.25, 0.3) is 0 Å². The van der Waals surface area contributed by atoms with Gasteiger partial charge in [-0.15, -0.1) is 0 Å². The molecule has 0 aliphatic heterocycles. The predicted molar refractivity (Wildman–Crippen MR) is 62.4 cm³/mol. The van der Waals surface area contributed by atoms with E-state index < -0.39 is 11.9 Å². The van der Waals surface area contributed by atoms with E-state index in [1.165, 1.54) is 0 Å². The van der Waals surface area contributed by atoms with Crippen molar-refractivity contribution in [3.63, 3.8) is 0 Å². The molecule has 6 heteroatoms. The third-order valence-electron chi connectivity index (χ3n) is 0. The van der Waals surface area contributed by atoms with Gasteiger partial charge < -0.3 is 31.0 Å². The molecule has 0 saturated carbocycles. The van der Waals surface area contributed by atoms with E-state index in [2.05, 4.69) is 36.6 Å². The van der Waals surface area contributed by atoms with Crippen molar-refractivity contribution >= 4 is 11.9 Å². The van der Waals surface area contributed by atoms with E-state index in [9.17, 15) is 0 Å². The van der Waals surface area contributed by atoms with Crippen molar-refractivity contribution in [1.82, 2.24) is 0 Å². The van der Waals surface area contributed by atoms with E-state index in [1.807, 2.05) is 0 Å². The number of hydrogen-bond acceptors (Lipinski definition) is 3. The van der Waals surface area contributed by atoms with Crippen molar-refractivity contribution in [3.05, 3.63) is 20.8 Å². The van der Waals surface area contributed by atoms with Crippen LogP contribution in [0, 0.1) is 25.2 Å². The zero-order chi connectivity index (χ0) is 15.2. The Morgan fingerprint density at radius 3 is 0.812 bits per heavy atom. The molecule has 0 aliphatic carbocycles. The van der Waals surface area contributed by atoms with Crippen LogP contribution in [-0.2, 0) is 25.4 Å². The summed E-state index contributed by atoms with van der Waals surface area (Å²) in [6, 6.07) is 0. The van der Waals surface area contributed by atoms with Gasteiger partial charge in [-0.2, -0.15) is 20.8 Å². The average molecular weight is 286 g/mol. The van der Waals surface area contributed by atoms with Gasteiger partial charge in [-0.1, -0.05) is 0 Å². The van der Waals surface area contributed by atoms with Gasteiger partial charge in [-0.25, -0.2) is 0 Å². The summed E-state index contributed by atoms with van der Waals surface area (Å²) in [5.41, 5.74) is 0. The molecule has 0 atom stereocenters. The van der Waals surface area contributed by atoms with Gasteiger partial charge in [0, 0.05) is 13.8 Å². The number of carboxylic acid groups (broad SMARTS) is 2. The Morgan fingerprint density at radius 1 is 0.812 bits per heavy atom. The summed E-state index contributed by atoms with van der Waals surface area (Å²) in [5, 5.41) is 14.8. The zero-order valence-corrected chi connectivity index (χ0v) is 11.6. The van der Waals surface area contributed by atoms with E-state index >= 15 is 0 Å². The summed E-state index contributed by atoms with van der Waals surface area (Å²) in [6.07, 6.45) is 0. The Labute approximate surface area is 108 Å². The molecule has 5 nitrogen and oxygen atoms in total. The van der Waals surface area contributed by atoms with Gasteiger partial charge in [-0.05, 0) is 0 Å². The standard InChI is InChI=1S/2C2H4O2.3C2H5.Cu.HN/c2*1-2(3)4;3*1-2;;/h2*1H3,(H,3,4);3*1H2,2H3;;1H/q;;3*-1;;. The first kappa shape index (κ1) is 36.2.